The molecule has 0 unspecified atom stereocenters. The van der Waals surface area contributed by atoms with Crippen molar-refractivity contribution in [2.24, 2.45) is 0 Å². The van der Waals surface area contributed by atoms with E-state index in [0.717, 1.165) is 5.69 Å². The molecule has 0 aliphatic heterocycles. The van der Waals surface area contributed by atoms with E-state index in [2.05, 4.69) is 10.5 Å². The number of hydrogen-bond donors (Lipinski definition) is 1. The largest absolute Gasteiger partial charge is 0.351 e. The van der Waals surface area contributed by atoms with Crippen LogP contribution in [0.1, 0.15) is 16.2 Å². The third-order valence-corrected chi connectivity index (χ3v) is 2.86. The Morgan fingerprint density at radius 1 is 1.20 bits per heavy atom. The van der Waals surface area contributed by atoms with Crippen LogP contribution in [0.25, 0.3) is 5.69 Å². The van der Waals surface area contributed by atoms with Gasteiger partial charge in [-0.3, -0.25) is 4.79 Å². The molecule has 0 fully saturated rings. The lowest BCUT2D eigenvalue weighted by molar-refractivity contribution is 0.0988. The average Bonchev–Trinajstić information content (AvgIpc) is 3.10. The van der Waals surface area contributed by atoms with Gasteiger partial charge in [0.05, 0.1) is 5.69 Å². The number of nitrogens with one attached hydrogen (secondary N) is 1. The Morgan fingerprint density at radius 2 is 2.00 bits per heavy atom. The summed E-state index contributed by atoms with van der Waals surface area (Å²) < 4.78 is 6.90. The van der Waals surface area contributed by atoms with Crippen molar-refractivity contribution >= 4 is 11.6 Å². The van der Waals surface area contributed by atoms with Crippen LogP contribution in [-0.2, 0) is 0 Å². The Balaban J connectivity index is 1.81. The number of aryl methyl sites for hydroxylation is 1. The first kappa shape index (κ1) is 12.2. The van der Waals surface area contributed by atoms with Gasteiger partial charge >= 0.3 is 0 Å². The number of aromatic nitrogens is 2. The van der Waals surface area contributed by atoms with E-state index in [9.17, 15) is 4.79 Å². The van der Waals surface area contributed by atoms with Crippen LogP contribution in [0.2, 0.25) is 0 Å². The zero-order valence-electron chi connectivity index (χ0n) is 10.9. The summed E-state index contributed by atoms with van der Waals surface area (Å²) in [5, 5.41) is 6.49. The normalized spacial score (nSPS) is 10.4. The second-order valence-electron chi connectivity index (χ2n) is 4.43. The summed E-state index contributed by atoms with van der Waals surface area (Å²) in [6.07, 6.45) is 3.89. The van der Waals surface area contributed by atoms with E-state index in [1.54, 1.807) is 13.0 Å². The van der Waals surface area contributed by atoms with Crippen LogP contribution < -0.4 is 5.32 Å². The monoisotopic (exact) mass is 267 g/mol. The first-order valence-corrected chi connectivity index (χ1v) is 6.20. The number of benzene rings is 1. The highest BCUT2D eigenvalue weighted by molar-refractivity contribution is 6.02. The van der Waals surface area contributed by atoms with Gasteiger partial charge in [0.2, 0.25) is 5.76 Å². The quantitative estimate of drug-likeness (QED) is 0.793. The van der Waals surface area contributed by atoms with Gasteiger partial charge in [0, 0.05) is 29.8 Å². The molecule has 20 heavy (non-hydrogen) atoms. The Hall–Kier alpha value is -2.82. The SMILES string of the molecule is Cc1cc(C(=O)Nc2cccc(-n3cccc3)c2)on1. The minimum absolute atomic E-state index is 0.203. The fourth-order valence-electron chi connectivity index (χ4n) is 1.91. The van der Waals surface area contributed by atoms with Crippen molar-refractivity contribution in [1.29, 1.82) is 0 Å². The predicted octanol–water partition coefficient (Wildman–Crippen LogP) is 3.03. The third kappa shape index (κ3) is 2.47. The molecule has 5 nitrogen and oxygen atoms in total. The van der Waals surface area contributed by atoms with Crippen molar-refractivity contribution in [3.05, 3.63) is 66.3 Å². The Morgan fingerprint density at radius 3 is 2.70 bits per heavy atom. The molecule has 3 aromatic rings. The van der Waals surface area contributed by atoms with Crippen LogP contribution in [0, 0.1) is 6.92 Å². The maximum Gasteiger partial charge on any atom is 0.294 e. The molecule has 2 aromatic heterocycles. The van der Waals surface area contributed by atoms with Gasteiger partial charge in [-0.25, -0.2) is 0 Å². The predicted molar refractivity (Wildman–Crippen MR) is 75.0 cm³/mol. The molecule has 0 saturated carbocycles. The summed E-state index contributed by atoms with van der Waals surface area (Å²) in [4.78, 5) is 12.0. The summed E-state index contributed by atoms with van der Waals surface area (Å²) in [5.74, 6) is -0.107. The minimum atomic E-state index is -0.310. The molecule has 0 spiro atoms. The molecule has 0 saturated heterocycles. The highest BCUT2D eigenvalue weighted by Crippen LogP contribution is 2.16. The minimum Gasteiger partial charge on any atom is -0.351 e. The van der Waals surface area contributed by atoms with Gasteiger partial charge in [-0.1, -0.05) is 11.2 Å². The lowest BCUT2D eigenvalue weighted by Crippen LogP contribution is -2.11. The van der Waals surface area contributed by atoms with Gasteiger partial charge in [0.25, 0.3) is 5.91 Å². The summed E-state index contributed by atoms with van der Waals surface area (Å²) in [5.41, 5.74) is 2.35. The second kappa shape index (κ2) is 5.05. The van der Waals surface area contributed by atoms with E-state index in [1.807, 2.05) is 53.4 Å². The van der Waals surface area contributed by atoms with Crippen LogP contribution in [0.5, 0.6) is 0 Å². The molecule has 1 aromatic carbocycles. The highest BCUT2D eigenvalue weighted by atomic mass is 16.5. The van der Waals surface area contributed by atoms with E-state index < -0.39 is 0 Å². The smallest absolute Gasteiger partial charge is 0.294 e. The summed E-state index contributed by atoms with van der Waals surface area (Å²) in [6.45, 7) is 1.77. The summed E-state index contributed by atoms with van der Waals surface area (Å²) in [6, 6.07) is 13.1. The van der Waals surface area contributed by atoms with E-state index in [-0.39, 0.29) is 11.7 Å². The fraction of sp³-hybridized carbons (Fsp3) is 0.0667. The lowest BCUT2D eigenvalue weighted by atomic mass is 10.2. The molecule has 2 heterocycles. The van der Waals surface area contributed by atoms with Crippen molar-refractivity contribution in [3.63, 3.8) is 0 Å². The number of amides is 1. The van der Waals surface area contributed by atoms with Gasteiger partial charge in [0.15, 0.2) is 0 Å². The van der Waals surface area contributed by atoms with E-state index in [4.69, 9.17) is 4.52 Å². The Bertz CT molecular complexity index is 729. The average molecular weight is 267 g/mol. The molecular weight excluding hydrogens is 254 g/mol. The van der Waals surface area contributed by atoms with Crippen molar-refractivity contribution in [1.82, 2.24) is 9.72 Å². The number of anilines is 1. The molecule has 0 atom stereocenters. The molecule has 0 radical (unpaired) electrons. The molecule has 0 bridgehead atoms. The van der Waals surface area contributed by atoms with Crippen LogP contribution in [-0.4, -0.2) is 15.6 Å². The molecule has 5 heteroatoms. The van der Waals surface area contributed by atoms with E-state index in [0.29, 0.717) is 11.4 Å². The van der Waals surface area contributed by atoms with E-state index in [1.165, 1.54) is 0 Å². The molecule has 100 valence electrons. The Labute approximate surface area is 115 Å². The fourth-order valence-corrected chi connectivity index (χ4v) is 1.91. The first-order valence-electron chi connectivity index (χ1n) is 6.20. The highest BCUT2D eigenvalue weighted by Gasteiger charge is 2.11. The van der Waals surface area contributed by atoms with Crippen molar-refractivity contribution < 1.29 is 9.32 Å². The van der Waals surface area contributed by atoms with Gasteiger partial charge in [-0.2, -0.15) is 0 Å². The van der Waals surface area contributed by atoms with Crippen LogP contribution in [0.3, 0.4) is 0 Å². The van der Waals surface area contributed by atoms with Crippen LogP contribution in [0.4, 0.5) is 5.69 Å². The maximum atomic E-state index is 12.0. The van der Waals surface area contributed by atoms with Crippen molar-refractivity contribution in [2.75, 3.05) is 5.32 Å². The van der Waals surface area contributed by atoms with Gasteiger partial charge in [-0.05, 0) is 37.3 Å². The van der Waals surface area contributed by atoms with Crippen LogP contribution in [0.15, 0.2) is 59.4 Å². The van der Waals surface area contributed by atoms with Crippen molar-refractivity contribution in [3.8, 4) is 5.69 Å². The molecule has 0 aliphatic rings. The second-order valence-corrected chi connectivity index (χ2v) is 4.43. The zero-order valence-corrected chi connectivity index (χ0v) is 10.9. The molecular formula is C15H13N3O2. The Kier molecular flexibility index (Phi) is 3.09. The molecule has 0 aliphatic carbocycles. The van der Waals surface area contributed by atoms with Crippen LogP contribution >= 0.6 is 0 Å². The number of carbonyl (C=O) groups excluding carboxylic acids is 1. The molecule has 1 N–H and O–H groups in total. The third-order valence-electron chi connectivity index (χ3n) is 2.86. The summed E-state index contributed by atoms with van der Waals surface area (Å²) >= 11 is 0. The number of rotatable bonds is 3. The number of hydrogen-bond acceptors (Lipinski definition) is 3. The number of carbonyl (C=O) groups is 1. The van der Waals surface area contributed by atoms with Gasteiger partial charge < -0.3 is 14.4 Å². The number of nitrogens with zero attached hydrogens (tertiary/aromatic N) is 2. The van der Waals surface area contributed by atoms with E-state index >= 15 is 0 Å². The van der Waals surface area contributed by atoms with Gasteiger partial charge in [0.1, 0.15) is 0 Å². The topological polar surface area (TPSA) is 60.1 Å². The first-order chi connectivity index (χ1) is 9.72. The summed E-state index contributed by atoms with van der Waals surface area (Å²) in [7, 11) is 0. The zero-order chi connectivity index (χ0) is 13.9. The molecule has 1 amide bonds. The van der Waals surface area contributed by atoms with Crippen molar-refractivity contribution in [2.45, 2.75) is 6.92 Å². The lowest BCUT2D eigenvalue weighted by Gasteiger charge is -2.07. The van der Waals surface area contributed by atoms with Gasteiger partial charge in [-0.15, -0.1) is 0 Å². The standard InChI is InChI=1S/C15H13N3O2/c1-11-9-14(20-17-11)15(19)16-12-5-4-6-13(10-12)18-7-2-3-8-18/h2-10H,1H3,(H,16,19). The molecule has 3 rings (SSSR count). The maximum absolute atomic E-state index is 12.0.